The molecule has 1 amide bonds. The molecule has 0 bridgehead atoms. The monoisotopic (exact) mass is 355 g/mol. The minimum Gasteiger partial charge on any atom is -0.494 e. The minimum absolute atomic E-state index is 0.0535. The van der Waals surface area contributed by atoms with Crippen molar-refractivity contribution in [1.29, 1.82) is 0 Å². The predicted octanol–water partition coefficient (Wildman–Crippen LogP) is 2.42. The lowest BCUT2D eigenvalue weighted by molar-refractivity contribution is -0.134. The number of piperidine rings is 1. The summed E-state index contributed by atoms with van der Waals surface area (Å²) in [4.78, 5) is 26.9. The molecule has 1 aromatic heterocycles. The molecule has 1 fully saturated rings. The molecule has 2 atom stereocenters. The Hall–Kier alpha value is -2.63. The van der Waals surface area contributed by atoms with Crippen LogP contribution < -0.4 is 10.3 Å². The molecular weight excluding hydrogens is 330 g/mol. The van der Waals surface area contributed by atoms with E-state index in [1.165, 1.54) is 17.9 Å². The summed E-state index contributed by atoms with van der Waals surface area (Å²) in [5, 5.41) is 4.42. The van der Waals surface area contributed by atoms with E-state index in [9.17, 15) is 9.59 Å². The van der Waals surface area contributed by atoms with Gasteiger partial charge in [-0.15, -0.1) is 0 Å². The molecule has 3 rings (SSSR count). The van der Waals surface area contributed by atoms with Gasteiger partial charge in [-0.3, -0.25) is 9.59 Å². The summed E-state index contributed by atoms with van der Waals surface area (Å²) in [5.74, 6) is 1.29. The molecular formula is C20H25N3O3. The highest BCUT2D eigenvalue weighted by Crippen LogP contribution is 2.25. The maximum absolute atomic E-state index is 12.7. The SMILES string of the molecule is COc1cc(=O)n(CC(=O)N2C[C@H](C)C[C@@H](C)C2)nc1-c1ccccc1. The Kier molecular flexibility index (Phi) is 5.40. The maximum Gasteiger partial charge on any atom is 0.270 e. The summed E-state index contributed by atoms with van der Waals surface area (Å²) in [6.45, 7) is 5.73. The van der Waals surface area contributed by atoms with Crippen LogP contribution in [0.25, 0.3) is 11.3 Å². The first kappa shape index (κ1) is 18.2. The Morgan fingerprint density at radius 1 is 1.19 bits per heavy atom. The van der Waals surface area contributed by atoms with Crippen molar-refractivity contribution in [2.75, 3.05) is 20.2 Å². The Morgan fingerprint density at radius 2 is 1.85 bits per heavy atom. The lowest BCUT2D eigenvalue weighted by Gasteiger charge is -2.35. The first-order valence-electron chi connectivity index (χ1n) is 8.97. The van der Waals surface area contributed by atoms with Gasteiger partial charge in [0, 0.05) is 24.7 Å². The zero-order valence-electron chi connectivity index (χ0n) is 15.5. The van der Waals surface area contributed by atoms with Crippen molar-refractivity contribution in [2.45, 2.75) is 26.8 Å². The zero-order valence-corrected chi connectivity index (χ0v) is 15.5. The highest BCUT2D eigenvalue weighted by atomic mass is 16.5. The molecule has 2 heterocycles. The highest BCUT2D eigenvalue weighted by molar-refractivity contribution is 5.76. The fourth-order valence-corrected chi connectivity index (χ4v) is 3.63. The Bertz CT molecular complexity index is 822. The standard InChI is InChI=1S/C20H25N3O3/c1-14-9-15(2)12-22(11-14)19(25)13-23-18(24)10-17(26-3)20(21-23)16-7-5-4-6-8-16/h4-8,10,14-15H,9,11-13H2,1-3H3/t14-,15-/m1/s1. The van der Waals surface area contributed by atoms with Crippen molar-refractivity contribution in [3.8, 4) is 17.0 Å². The van der Waals surface area contributed by atoms with Crippen LogP contribution in [0, 0.1) is 11.8 Å². The molecule has 1 aliphatic heterocycles. The van der Waals surface area contributed by atoms with Crippen LogP contribution in [0.1, 0.15) is 20.3 Å². The van der Waals surface area contributed by atoms with Crippen LogP contribution in [-0.2, 0) is 11.3 Å². The number of likely N-dealkylation sites (tertiary alicyclic amines) is 1. The van der Waals surface area contributed by atoms with Gasteiger partial charge in [0.25, 0.3) is 5.56 Å². The second kappa shape index (κ2) is 7.72. The van der Waals surface area contributed by atoms with Gasteiger partial charge >= 0.3 is 0 Å². The summed E-state index contributed by atoms with van der Waals surface area (Å²) in [6, 6.07) is 10.9. The molecule has 138 valence electrons. The van der Waals surface area contributed by atoms with E-state index in [2.05, 4.69) is 18.9 Å². The number of amides is 1. The number of methoxy groups -OCH3 is 1. The minimum atomic E-state index is -0.340. The smallest absolute Gasteiger partial charge is 0.270 e. The maximum atomic E-state index is 12.7. The molecule has 26 heavy (non-hydrogen) atoms. The highest BCUT2D eigenvalue weighted by Gasteiger charge is 2.26. The first-order valence-corrected chi connectivity index (χ1v) is 8.97. The third kappa shape index (κ3) is 3.95. The van der Waals surface area contributed by atoms with Crippen LogP contribution in [-0.4, -0.2) is 40.8 Å². The second-order valence-electron chi connectivity index (χ2n) is 7.17. The van der Waals surface area contributed by atoms with E-state index in [1.807, 2.05) is 35.2 Å². The number of hydrogen-bond acceptors (Lipinski definition) is 4. The molecule has 0 N–H and O–H groups in total. The first-order chi connectivity index (χ1) is 12.5. The number of hydrogen-bond donors (Lipinski definition) is 0. The molecule has 0 aliphatic carbocycles. The summed E-state index contributed by atoms with van der Waals surface area (Å²) in [5.41, 5.74) is 1.06. The second-order valence-corrected chi connectivity index (χ2v) is 7.17. The zero-order chi connectivity index (χ0) is 18.7. The van der Waals surface area contributed by atoms with Crippen LogP contribution >= 0.6 is 0 Å². The molecule has 1 aromatic carbocycles. The van der Waals surface area contributed by atoms with E-state index >= 15 is 0 Å². The topological polar surface area (TPSA) is 64.4 Å². The molecule has 0 spiro atoms. The molecule has 0 radical (unpaired) electrons. The summed E-state index contributed by atoms with van der Waals surface area (Å²) in [6.07, 6.45) is 1.13. The molecule has 2 aromatic rings. The van der Waals surface area contributed by atoms with E-state index in [0.29, 0.717) is 23.3 Å². The van der Waals surface area contributed by atoms with Crippen LogP contribution in [0.3, 0.4) is 0 Å². The van der Waals surface area contributed by atoms with E-state index in [1.54, 1.807) is 0 Å². The number of carbonyl (C=O) groups excluding carboxylic acids is 1. The Balaban J connectivity index is 1.88. The van der Waals surface area contributed by atoms with Gasteiger partial charge in [0.2, 0.25) is 5.91 Å². The number of nitrogens with zero attached hydrogens (tertiary/aromatic N) is 3. The molecule has 6 nitrogen and oxygen atoms in total. The van der Waals surface area contributed by atoms with Crippen molar-refractivity contribution < 1.29 is 9.53 Å². The molecule has 6 heteroatoms. The lowest BCUT2D eigenvalue weighted by Crippen LogP contribution is -2.45. The lowest BCUT2D eigenvalue weighted by atomic mass is 9.92. The quantitative estimate of drug-likeness (QED) is 0.845. The van der Waals surface area contributed by atoms with Gasteiger partial charge < -0.3 is 9.64 Å². The largest absolute Gasteiger partial charge is 0.494 e. The Morgan fingerprint density at radius 3 is 2.46 bits per heavy atom. The fraction of sp³-hybridized carbons (Fsp3) is 0.450. The Labute approximate surface area is 153 Å². The third-order valence-electron chi connectivity index (χ3n) is 4.74. The number of carbonyl (C=O) groups is 1. The van der Waals surface area contributed by atoms with Crippen LogP contribution in [0.4, 0.5) is 0 Å². The van der Waals surface area contributed by atoms with Gasteiger partial charge in [0.1, 0.15) is 12.2 Å². The van der Waals surface area contributed by atoms with E-state index < -0.39 is 0 Å². The van der Waals surface area contributed by atoms with Crippen LogP contribution in [0.5, 0.6) is 5.75 Å². The summed E-state index contributed by atoms with van der Waals surface area (Å²) < 4.78 is 6.55. The number of aromatic nitrogens is 2. The average Bonchev–Trinajstić information content (AvgIpc) is 2.63. The van der Waals surface area contributed by atoms with Crippen molar-refractivity contribution in [1.82, 2.24) is 14.7 Å². The number of ether oxygens (including phenoxy) is 1. The van der Waals surface area contributed by atoms with Gasteiger partial charge in [-0.2, -0.15) is 5.10 Å². The van der Waals surface area contributed by atoms with Crippen molar-refractivity contribution in [3.63, 3.8) is 0 Å². The van der Waals surface area contributed by atoms with Crippen molar-refractivity contribution >= 4 is 5.91 Å². The van der Waals surface area contributed by atoms with Gasteiger partial charge in [-0.05, 0) is 18.3 Å². The van der Waals surface area contributed by atoms with E-state index in [0.717, 1.165) is 25.1 Å². The van der Waals surface area contributed by atoms with Gasteiger partial charge in [-0.25, -0.2) is 4.68 Å². The van der Waals surface area contributed by atoms with Gasteiger partial charge in [0.15, 0.2) is 5.75 Å². The van der Waals surface area contributed by atoms with E-state index in [4.69, 9.17) is 4.74 Å². The average molecular weight is 355 g/mol. The van der Waals surface area contributed by atoms with Gasteiger partial charge in [0.05, 0.1) is 7.11 Å². The number of benzene rings is 1. The predicted molar refractivity (Wildman–Crippen MR) is 100 cm³/mol. The van der Waals surface area contributed by atoms with Crippen molar-refractivity contribution in [3.05, 3.63) is 46.8 Å². The van der Waals surface area contributed by atoms with E-state index in [-0.39, 0.29) is 18.0 Å². The normalized spacial score (nSPS) is 20.0. The van der Waals surface area contributed by atoms with Gasteiger partial charge in [-0.1, -0.05) is 44.2 Å². The summed E-state index contributed by atoms with van der Waals surface area (Å²) >= 11 is 0. The third-order valence-corrected chi connectivity index (χ3v) is 4.74. The molecule has 1 aliphatic rings. The molecule has 0 saturated carbocycles. The van der Waals surface area contributed by atoms with Crippen LogP contribution in [0.15, 0.2) is 41.2 Å². The number of rotatable bonds is 4. The van der Waals surface area contributed by atoms with Crippen molar-refractivity contribution in [2.24, 2.45) is 11.8 Å². The molecule has 1 saturated heterocycles. The molecule has 0 unspecified atom stereocenters. The van der Waals surface area contributed by atoms with Crippen LogP contribution in [0.2, 0.25) is 0 Å². The fourth-order valence-electron chi connectivity index (χ4n) is 3.63. The summed E-state index contributed by atoms with van der Waals surface area (Å²) in [7, 11) is 1.51.